The van der Waals surface area contributed by atoms with Crippen molar-refractivity contribution in [2.45, 2.75) is 0 Å². The molecular weight excluding hydrogens is 417 g/mol. The van der Waals surface area contributed by atoms with Gasteiger partial charge in [0.05, 0.1) is 10.0 Å². The number of halogens is 2. The number of hydrogen-bond acceptors (Lipinski definition) is 2. The molecule has 0 bridgehead atoms. The quantitative estimate of drug-likeness (QED) is 0.328. The second-order valence-electron chi connectivity index (χ2n) is 6.61. The van der Waals surface area contributed by atoms with Crippen LogP contribution in [0.1, 0.15) is 21.7 Å². The number of carbonyl (C=O) groups excluding carboxylic acids is 1. The van der Waals surface area contributed by atoms with Crippen molar-refractivity contribution in [2.75, 3.05) is 5.32 Å². The third-order valence-corrected chi connectivity index (χ3v) is 5.21. The van der Waals surface area contributed by atoms with Crippen molar-refractivity contribution in [2.24, 2.45) is 0 Å². The number of amides is 1. The van der Waals surface area contributed by atoms with Crippen LogP contribution in [0.5, 0.6) is 0 Å². The van der Waals surface area contributed by atoms with Crippen LogP contribution in [0.25, 0.3) is 23.5 Å². The molecule has 0 fully saturated rings. The summed E-state index contributed by atoms with van der Waals surface area (Å²) in [7, 11) is 0. The lowest BCUT2D eigenvalue weighted by atomic mass is 10.1. The number of benzene rings is 3. The summed E-state index contributed by atoms with van der Waals surface area (Å²) in [5.74, 6) is 0.429. The molecular formula is C25H17Cl2NO2. The SMILES string of the molecule is O=C(Nc1ccc(C=Cc2ccccc2)cc1)c1ccc(-c2ccc(Cl)c(Cl)c2)o1. The number of carbonyl (C=O) groups is 1. The van der Waals surface area contributed by atoms with Gasteiger partial charge in [-0.25, -0.2) is 0 Å². The molecule has 0 aliphatic carbocycles. The molecule has 4 aromatic rings. The summed E-state index contributed by atoms with van der Waals surface area (Å²) < 4.78 is 5.68. The predicted molar refractivity (Wildman–Crippen MR) is 124 cm³/mol. The van der Waals surface area contributed by atoms with Crippen LogP contribution < -0.4 is 5.32 Å². The Hall–Kier alpha value is -3.27. The number of hydrogen-bond donors (Lipinski definition) is 1. The monoisotopic (exact) mass is 433 g/mol. The van der Waals surface area contributed by atoms with Crippen LogP contribution >= 0.6 is 23.2 Å². The van der Waals surface area contributed by atoms with Crippen molar-refractivity contribution in [1.29, 1.82) is 0 Å². The maximum Gasteiger partial charge on any atom is 0.291 e. The van der Waals surface area contributed by atoms with E-state index in [4.69, 9.17) is 27.6 Å². The molecule has 0 saturated heterocycles. The van der Waals surface area contributed by atoms with Crippen LogP contribution in [0.2, 0.25) is 10.0 Å². The van der Waals surface area contributed by atoms with Gasteiger partial charge in [0.1, 0.15) is 5.76 Å². The molecule has 30 heavy (non-hydrogen) atoms. The number of furan rings is 1. The average molecular weight is 434 g/mol. The Labute approximate surface area is 184 Å². The van der Waals surface area contributed by atoms with Crippen molar-refractivity contribution in [1.82, 2.24) is 0 Å². The van der Waals surface area contributed by atoms with Crippen LogP contribution in [0.4, 0.5) is 5.69 Å². The highest BCUT2D eigenvalue weighted by Crippen LogP contribution is 2.29. The first-order chi connectivity index (χ1) is 14.6. The molecule has 4 rings (SSSR count). The molecule has 1 aromatic heterocycles. The standard InChI is InChI=1S/C25H17Cl2NO2/c26-21-13-10-19(16-22(21)27)23-14-15-24(30-23)25(29)28-20-11-8-18(9-12-20)7-6-17-4-2-1-3-5-17/h1-16H,(H,28,29). The third kappa shape index (κ3) is 4.82. The molecule has 0 atom stereocenters. The van der Waals surface area contributed by atoms with Crippen LogP contribution in [0, 0.1) is 0 Å². The van der Waals surface area contributed by atoms with E-state index in [2.05, 4.69) is 5.32 Å². The molecule has 0 aliphatic heterocycles. The molecule has 0 spiro atoms. The highest BCUT2D eigenvalue weighted by atomic mass is 35.5. The van der Waals surface area contributed by atoms with Gasteiger partial charge in [-0.1, -0.05) is 77.8 Å². The summed E-state index contributed by atoms with van der Waals surface area (Å²) >= 11 is 12.0. The van der Waals surface area contributed by atoms with Gasteiger partial charge >= 0.3 is 0 Å². The predicted octanol–water partition coefficient (Wildman–Crippen LogP) is 7.68. The average Bonchev–Trinajstić information content (AvgIpc) is 3.26. The zero-order valence-electron chi connectivity index (χ0n) is 15.8. The van der Waals surface area contributed by atoms with Crippen LogP contribution in [0.3, 0.4) is 0 Å². The minimum Gasteiger partial charge on any atom is -0.451 e. The lowest BCUT2D eigenvalue weighted by Crippen LogP contribution is -2.10. The van der Waals surface area contributed by atoms with Crippen LogP contribution in [0.15, 0.2) is 89.3 Å². The van der Waals surface area contributed by atoms with E-state index in [1.54, 1.807) is 30.3 Å². The van der Waals surface area contributed by atoms with Crippen molar-refractivity contribution in [3.05, 3.63) is 112 Å². The van der Waals surface area contributed by atoms with E-state index in [-0.39, 0.29) is 11.7 Å². The van der Waals surface area contributed by atoms with Crippen LogP contribution in [-0.4, -0.2) is 5.91 Å². The van der Waals surface area contributed by atoms with E-state index >= 15 is 0 Å². The van der Waals surface area contributed by atoms with E-state index < -0.39 is 0 Å². The zero-order valence-corrected chi connectivity index (χ0v) is 17.3. The van der Waals surface area contributed by atoms with Gasteiger partial charge in [-0.15, -0.1) is 0 Å². The normalized spacial score (nSPS) is 11.0. The van der Waals surface area contributed by atoms with E-state index in [1.807, 2.05) is 66.7 Å². The van der Waals surface area contributed by atoms with Crippen molar-refractivity contribution < 1.29 is 9.21 Å². The summed E-state index contributed by atoms with van der Waals surface area (Å²) in [4.78, 5) is 12.5. The van der Waals surface area contributed by atoms with Gasteiger partial charge in [0.2, 0.25) is 0 Å². The Kier molecular flexibility index (Phi) is 6.03. The van der Waals surface area contributed by atoms with Gasteiger partial charge in [0.15, 0.2) is 5.76 Å². The minimum atomic E-state index is -0.325. The molecule has 0 saturated carbocycles. The summed E-state index contributed by atoms with van der Waals surface area (Å²) in [5.41, 5.74) is 3.60. The van der Waals surface area contributed by atoms with Gasteiger partial charge in [-0.2, -0.15) is 0 Å². The highest BCUT2D eigenvalue weighted by Gasteiger charge is 2.13. The molecule has 0 radical (unpaired) electrons. The Morgan fingerprint density at radius 1 is 0.767 bits per heavy atom. The van der Waals surface area contributed by atoms with Gasteiger partial charge in [-0.3, -0.25) is 4.79 Å². The van der Waals surface area contributed by atoms with Gasteiger partial charge < -0.3 is 9.73 Å². The molecule has 1 heterocycles. The zero-order chi connectivity index (χ0) is 20.9. The first-order valence-electron chi connectivity index (χ1n) is 9.28. The molecule has 3 aromatic carbocycles. The largest absolute Gasteiger partial charge is 0.451 e. The second kappa shape index (κ2) is 9.04. The lowest BCUT2D eigenvalue weighted by Gasteiger charge is -2.04. The number of nitrogens with one attached hydrogen (secondary N) is 1. The lowest BCUT2D eigenvalue weighted by molar-refractivity contribution is 0.0997. The van der Waals surface area contributed by atoms with Crippen molar-refractivity contribution in [3.8, 4) is 11.3 Å². The number of rotatable bonds is 5. The minimum absolute atomic E-state index is 0.212. The second-order valence-corrected chi connectivity index (χ2v) is 7.43. The van der Waals surface area contributed by atoms with Gasteiger partial charge in [-0.05, 0) is 53.6 Å². The summed E-state index contributed by atoms with van der Waals surface area (Å²) in [6.07, 6.45) is 4.07. The van der Waals surface area contributed by atoms with E-state index in [0.717, 1.165) is 16.7 Å². The Balaban J connectivity index is 1.42. The molecule has 5 heteroatoms. The third-order valence-electron chi connectivity index (χ3n) is 4.47. The molecule has 0 unspecified atom stereocenters. The Bertz CT molecular complexity index is 1200. The van der Waals surface area contributed by atoms with Crippen molar-refractivity contribution >= 4 is 46.9 Å². The Morgan fingerprint density at radius 3 is 2.17 bits per heavy atom. The van der Waals surface area contributed by atoms with Crippen LogP contribution in [-0.2, 0) is 0 Å². The molecule has 1 N–H and O–H groups in total. The van der Waals surface area contributed by atoms with Gasteiger partial charge in [0, 0.05) is 11.3 Å². The van der Waals surface area contributed by atoms with E-state index in [0.29, 0.717) is 21.5 Å². The fraction of sp³-hybridized carbons (Fsp3) is 0. The Morgan fingerprint density at radius 2 is 1.47 bits per heavy atom. The maximum absolute atomic E-state index is 12.5. The van der Waals surface area contributed by atoms with Gasteiger partial charge in [0.25, 0.3) is 5.91 Å². The number of anilines is 1. The fourth-order valence-electron chi connectivity index (χ4n) is 2.89. The summed E-state index contributed by atoms with van der Waals surface area (Å²) in [6, 6.07) is 26.2. The molecule has 148 valence electrons. The van der Waals surface area contributed by atoms with Crippen molar-refractivity contribution in [3.63, 3.8) is 0 Å². The first-order valence-corrected chi connectivity index (χ1v) is 10.0. The topological polar surface area (TPSA) is 42.2 Å². The first kappa shape index (κ1) is 20.0. The summed E-state index contributed by atoms with van der Waals surface area (Å²) in [5, 5.41) is 3.73. The van der Waals surface area contributed by atoms with E-state index in [1.165, 1.54) is 0 Å². The molecule has 1 amide bonds. The smallest absolute Gasteiger partial charge is 0.291 e. The summed E-state index contributed by atoms with van der Waals surface area (Å²) in [6.45, 7) is 0. The highest BCUT2D eigenvalue weighted by molar-refractivity contribution is 6.42. The molecule has 0 aliphatic rings. The maximum atomic E-state index is 12.5. The molecule has 3 nitrogen and oxygen atoms in total. The van der Waals surface area contributed by atoms with E-state index in [9.17, 15) is 4.79 Å². The fourth-order valence-corrected chi connectivity index (χ4v) is 3.19.